The maximum atomic E-state index is 13.8. The minimum absolute atomic E-state index is 0.0835. The summed E-state index contributed by atoms with van der Waals surface area (Å²) >= 11 is 0. The third-order valence-corrected chi connectivity index (χ3v) is 6.07. The zero-order chi connectivity index (χ0) is 18.3. The van der Waals surface area contributed by atoms with Gasteiger partial charge in [-0.05, 0) is 44.0 Å². The van der Waals surface area contributed by atoms with Crippen LogP contribution in [0.25, 0.3) is 0 Å². The van der Waals surface area contributed by atoms with Crippen LogP contribution in [-0.4, -0.2) is 51.9 Å². The number of likely N-dealkylation sites (tertiary alicyclic amines) is 1. The molecule has 26 heavy (non-hydrogen) atoms. The van der Waals surface area contributed by atoms with E-state index in [0.29, 0.717) is 24.2 Å². The minimum atomic E-state index is -0.324. The van der Waals surface area contributed by atoms with Gasteiger partial charge in [-0.25, -0.2) is 9.37 Å². The zero-order valence-corrected chi connectivity index (χ0v) is 15.4. The van der Waals surface area contributed by atoms with E-state index in [2.05, 4.69) is 21.8 Å². The van der Waals surface area contributed by atoms with Crippen molar-refractivity contribution in [2.45, 2.75) is 38.6 Å². The van der Waals surface area contributed by atoms with Gasteiger partial charge in [-0.1, -0.05) is 13.0 Å². The van der Waals surface area contributed by atoms with Crippen molar-refractivity contribution in [3.8, 4) is 0 Å². The van der Waals surface area contributed by atoms with Crippen molar-refractivity contribution in [3.63, 3.8) is 0 Å². The first kappa shape index (κ1) is 17.2. The number of rotatable bonds is 2. The Morgan fingerprint density at radius 1 is 1.31 bits per heavy atom. The van der Waals surface area contributed by atoms with Gasteiger partial charge in [-0.15, -0.1) is 0 Å². The van der Waals surface area contributed by atoms with E-state index in [1.165, 1.54) is 11.8 Å². The lowest BCUT2D eigenvalue weighted by Crippen LogP contribution is -2.57. The molecular formula is C20H25FN4O. The number of hydrogen-bond acceptors (Lipinski definition) is 3. The quantitative estimate of drug-likeness (QED) is 0.900. The molecule has 1 saturated heterocycles. The fourth-order valence-electron chi connectivity index (χ4n) is 4.53. The lowest BCUT2D eigenvalue weighted by molar-refractivity contribution is 0.0102. The van der Waals surface area contributed by atoms with E-state index in [9.17, 15) is 9.18 Å². The van der Waals surface area contributed by atoms with E-state index < -0.39 is 0 Å². The third-order valence-electron chi connectivity index (χ3n) is 6.07. The maximum Gasteiger partial charge on any atom is 0.253 e. The lowest BCUT2D eigenvalue weighted by atomic mass is 9.78. The van der Waals surface area contributed by atoms with Crippen LogP contribution >= 0.6 is 0 Å². The number of benzene rings is 1. The van der Waals surface area contributed by atoms with Gasteiger partial charge in [0.2, 0.25) is 0 Å². The number of nitrogens with one attached hydrogen (secondary N) is 1. The van der Waals surface area contributed by atoms with Gasteiger partial charge in [0.1, 0.15) is 5.82 Å². The summed E-state index contributed by atoms with van der Waals surface area (Å²) in [6.07, 6.45) is 4.51. The van der Waals surface area contributed by atoms with Crippen LogP contribution in [0.4, 0.5) is 4.39 Å². The van der Waals surface area contributed by atoms with Crippen molar-refractivity contribution in [3.05, 3.63) is 52.9 Å². The summed E-state index contributed by atoms with van der Waals surface area (Å²) in [6.45, 7) is 7.21. The first-order valence-corrected chi connectivity index (χ1v) is 9.38. The molecule has 1 fully saturated rings. The summed E-state index contributed by atoms with van der Waals surface area (Å²) < 4.78 is 13.8. The molecule has 0 radical (unpaired) electrons. The molecule has 0 saturated carbocycles. The molecule has 6 heteroatoms. The highest BCUT2D eigenvalue weighted by atomic mass is 19.1. The Bertz CT molecular complexity index is 823. The number of halogens is 1. The second kappa shape index (κ2) is 6.50. The number of aryl methyl sites for hydroxylation is 1. The normalized spacial score (nSPS) is 19.6. The number of aromatic amines is 1. The van der Waals surface area contributed by atoms with Gasteiger partial charge >= 0.3 is 0 Å². The number of amides is 1. The van der Waals surface area contributed by atoms with E-state index in [-0.39, 0.29) is 17.3 Å². The Balaban J connectivity index is 1.55. The largest absolute Gasteiger partial charge is 0.348 e. The zero-order valence-electron chi connectivity index (χ0n) is 15.4. The van der Waals surface area contributed by atoms with Crippen molar-refractivity contribution in [1.82, 2.24) is 19.8 Å². The highest BCUT2D eigenvalue weighted by molar-refractivity contribution is 5.94. The van der Waals surface area contributed by atoms with Crippen molar-refractivity contribution < 1.29 is 9.18 Å². The Kier molecular flexibility index (Phi) is 4.31. The molecule has 2 aliphatic heterocycles. The van der Waals surface area contributed by atoms with Crippen LogP contribution in [0.3, 0.4) is 0 Å². The molecule has 0 bridgehead atoms. The Morgan fingerprint density at radius 2 is 2.08 bits per heavy atom. The summed E-state index contributed by atoms with van der Waals surface area (Å²) in [5.41, 5.74) is 3.29. The van der Waals surface area contributed by atoms with E-state index >= 15 is 0 Å². The topological polar surface area (TPSA) is 52.2 Å². The molecule has 1 N–H and O–H groups in total. The number of piperidine rings is 1. The van der Waals surface area contributed by atoms with Crippen molar-refractivity contribution in [2.75, 3.05) is 26.2 Å². The third kappa shape index (κ3) is 2.63. The van der Waals surface area contributed by atoms with Gasteiger partial charge in [-0.2, -0.15) is 0 Å². The van der Waals surface area contributed by atoms with Crippen LogP contribution in [0.5, 0.6) is 0 Å². The van der Waals surface area contributed by atoms with Gasteiger partial charge < -0.3 is 9.88 Å². The van der Waals surface area contributed by atoms with Gasteiger partial charge in [0.05, 0.1) is 17.6 Å². The molecule has 4 rings (SSSR count). The second-order valence-electron chi connectivity index (χ2n) is 7.35. The average Bonchev–Trinajstić information content (AvgIpc) is 3.14. The molecule has 0 unspecified atom stereocenters. The second-order valence-corrected chi connectivity index (χ2v) is 7.35. The summed E-state index contributed by atoms with van der Waals surface area (Å²) in [4.78, 5) is 25.1. The van der Waals surface area contributed by atoms with E-state index in [1.807, 2.05) is 4.90 Å². The van der Waals surface area contributed by atoms with Crippen molar-refractivity contribution in [2.24, 2.45) is 0 Å². The summed E-state index contributed by atoms with van der Waals surface area (Å²) in [6, 6.07) is 4.74. The van der Waals surface area contributed by atoms with Crippen LogP contribution in [0.1, 0.15) is 47.1 Å². The maximum absolute atomic E-state index is 13.8. The molecule has 2 aliphatic rings. The number of carbonyl (C=O) groups excluding carboxylic acids is 1. The fraction of sp³-hybridized carbons (Fsp3) is 0.500. The first-order valence-electron chi connectivity index (χ1n) is 9.38. The minimum Gasteiger partial charge on any atom is -0.348 e. The molecule has 138 valence electrons. The van der Waals surface area contributed by atoms with E-state index in [1.54, 1.807) is 25.4 Å². The number of H-pyrrole nitrogens is 1. The molecule has 0 atom stereocenters. The molecule has 1 amide bonds. The predicted octanol–water partition coefficient (Wildman–Crippen LogP) is 2.87. The highest BCUT2D eigenvalue weighted by Crippen LogP contribution is 2.42. The van der Waals surface area contributed by atoms with Crippen LogP contribution in [-0.2, 0) is 12.0 Å². The summed E-state index contributed by atoms with van der Waals surface area (Å²) in [5, 5.41) is 0. The van der Waals surface area contributed by atoms with Crippen LogP contribution in [0.15, 0.2) is 24.5 Å². The molecule has 3 heterocycles. The molecule has 1 aromatic carbocycles. The number of aromatic nitrogens is 2. The van der Waals surface area contributed by atoms with Crippen molar-refractivity contribution in [1.29, 1.82) is 0 Å². The Labute approximate surface area is 153 Å². The van der Waals surface area contributed by atoms with E-state index in [4.69, 9.17) is 0 Å². The molecule has 0 aliphatic carbocycles. The molecule has 1 spiro atoms. The SMILES string of the molecule is CCN1CCc2[nH]cnc2C12CCN(C(=O)c1ccc(C)c(F)c1)CC2. The monoisotopic (exact) mass is 356 g/mol. The smallest absolute Gasteiger partial charge is 0.253 e. The summed E-state index contributed by atoms with van der Waals surface area (Å²) in [7, 11) is 0. The predicted molar refractivity (Wildman–Crippen MR) is 97.5 cm³/mol. The van der Waals surface area contributed by atoms with Gasteiger partial charge in [0, 0.05) is 37.3 Å². The number of hydrogen-bond donors (Lipinski definition) is 1. The first-order chi connectivity index (χ1) is 12.5. The van der Waals surface area contributed by atoms with Gasteiger partial charge in [-0.3, -0.25) is 9.69 Å². The number of carbonyl (C=O) groups is 1. The van der Waals surface area contributed by atoms with Crippen LogP contribution < -0.4 is 0 Å². The average molecular weight is 356 g/mol. The van der Waals surface area contributed by atoms with E-state index in [0.717, 1.165) is 38.0 Å². The lowest BCUT2D eigenvalue weighted by Gasteiger charge is -2.50. The standard InChI is InChI=1S/C20H25FN4O/c1-3-25-9-6-17-18(23-13-22-17)20(25)7-10-24(11-8-20)19(26)15-5-4-14(2)16(21)12-15/h4-5,12-13H,3,6-11H2,1-2H3,(H,22,23). The Morgan fingerprint density at radius 3 is 2.77 bits per heavy atom. The number of likely N-dealkylation sites (N-methyl/N-ethyl adjacent to an activating group) is 1. The van der Waals surface area contributed by atoms with Gasteiger partial charge in [0.15, 0.2) is 0 Å². The van der Waals surface area contributed by atoms with Gasteiger partial charge in [0.25, 0.3) is 5.91 Å². The van der Waals surface area contributed by atoms with Crippen LogP contribution in [0.2, 0.25) is 0 Å². The van der Waals surface area contributed by atoms with Crippen LogP contribution in [0, 0.1) is 12.7 Å². The Hall–Kier alpha value is -2.21. The molecule has 2 aromatic rings. The van der Waals surface area contributed by atoms with Crippen molar-refractivity contribution >= 4 is 5.91 Å². The fourth-order valence-corrected chi connectivity index (χ4v) is 4.53. The molecule has 5 nitrogen and oxygen atoms in total. The highest BCUT2D eigenvalue weighted by Gasteiger charge is 2.46. The molecular weight excluding hydrogens is 331 g/mol. The molecule has 1 aromatic heterocycles. The number of imidazole rings is 1. The number of fused-ring (bicyclic) bond motifs is 2. The number of nitrogens with zero attached hydrogens (tertiary/aromatic N) is 3. The summed E-state index contributed by atoms with van der Waals surface area (Å²) in [5.74, 6) is -0.408.